The van der Waals surface area contributed by atoms with E-state index in [0.717, 1.165) is 57.8 Å². The van der Waals surface area contributed by atoms with E-state index < -0.39 is 17.8 Å². The normalized spacial score (nSPS) is 13.8. The van der Waals surface area contributed by atoms with E-state index >= 15 is 14.4 Å². The molecule has 76 heavy (non-hydrogen) atoms. The SMILES string of the molecule is C=CCC(C=C)C(CCCCCCCCCCCCCCCC)C(=O)N(C(=O)C(CCCCCCCCCCCCCCCC)C(C=C)CC=C)C(=O)C(CCCCCCCCCCCCCCCC)C(C=C)CC=C. The lowest BCUT2D eigenvalue weighted by Gasteiger charge is -2.35. The van der Waals surface area contributed by atoms with E-state index in [0.29, 0.717) is 38.5 Å². The maximum absolute atomic E-state index is 15.6. The highest BCUT2D eigenvalue weighted by atomic mass is 16.2. The molecule has 0 fully saturated rings. The van der Waals surface area contributed by atoms with E-state index in [9.17, 15) is 0 Å². The molecule has 0 aromatic carbocycles. The fourth-order valence-electron chi connectivity index (χ4n) is 11.9. The summed E-state index contributed by atoms with van der Waals surface area (Å²) in [6.45, 7) is 31.7. The van der Waals surface area contributed by atoms with Crippen LogP contribution in [0.15, 0.2) is 75.9 Å². The first kappa shape index (κ1) is 73.2. The summed E-state index contributed by atoms with van der Waals surface area (Å²) in [6, 6.07) is 0. The van der Waals surface area contributed by atoms with E-state index in [1.165, 1.54) is 217 Å². The zero-order chi connectivity index (χ0) is 56.0. The second-order valence-electron chi connectivity index (χ2n) is 23.6. The molecule has 6 atom stereocenters. The summed E-state index contributed by atoms with van der Waals surface area (Å²) in [6.07, 6.45) is 67.6. The van der Waals surface area contributed by atoms with Crippen molar-refractivity contribution in [2.24, 2.45) is 35.5 Å². The molecule has 0 saturated carbocycles. The minimum Gasteiger partial charge on any atom is -0.274 e. The van der Waals surface area contributed by atoms with Crippen molar-refractivity contribution in [1.82, 2.24) is 4.90 Å². The van der Waals surface area contributed by atoms with Crippen LogP contribution in [0.3, 0.4) is 0 Å². The van der Waals surface area contributed by atoms with Gasteiger partial charge in [0.2, 0.25) is 17.7 Å². The summed E-state index contributed by atoms with van der Waals surface area (Å²) in [5, 5.41) is 0. The fraction of sp³-hybridized carbons (Fsp3) is 0.792. The number of allylic oxidation sites excluding steroid dienone is 6. The van der Waals surface area contributed by atoms with Crippen molar-refractivity contribution in [3.05, 3.63) is 75.9 Å². The van der Waals surface area contributed by atoms with Gasteiger partial charge in [0.05, 0.1) is 0 Å². The summed E-state index contributed by atoms with van der Waals surface area (Å²) in [5.74, 6) is -3.38. The molecule has 3 amide bonds. The first-order valence-corrected chi connectivity index (χ1v) is 33.4. The van der Waals surface area contributed by atoms with E-state index in [1.807, 2.05) is 36.5 Å². The predicted octanol–water partition coefficient (Wildman–Crippen LogP) is 23.5. The molecule has 6 unspecified atom stereocenters. The van der Waals surface area contributed by atoms with E-state index in [1.54, 1.807) is 0 Å². The lowest BCUT2D eigenvalue weighted by molar-refractivity contribution is -0.162. The van der Waals surface area contributed by atoms with E-state index in [4.69, 9.17) is 0 Å². The zero-order valence-corrected chi connectivity index (χ0v) is 51.3. The Morgan fingerprint density at radius 1 is 0.276 bits per heavy atom. The number of rotatable bonds is 60. The van der Waals surface area contributed by atoms with Gasteiger partial charge in [0, 0.05) is 17.8 Å². The first-order chi connectivity index (χ1) is 37.3. The number of hydrogen-bond acceptors (Lipinski definition) is 3. The van der Waals surface area contributed by atoms with Crippen LogP contribution in [0.5, 0.6) is 0 Å². The molecule has 0 bridgehead atoms. The summed E-state index contributed by atoms with van der Waals surface area (Å²) in [4.78, 5) is 48.1. The average molecular weight is 1060 g/mol. The molecule has 0 radical (unpaired) electrons. The number of amides is 3. The topological polar surface area (TPSA) is 54.5 Å². The average Bonchev–Trinajstić information content (AvgIpc) is 3.42. The maximum Gasteiger partial charge on any atom is 0.239 e. The third-order valence-corrected chi connectivity index (χ3v) is 17.0. The molecule has 0 aromatic rings. The Morgan fingerprint density at radius 2 is 0.434 bits per heavy atom. The standard InChI is InChI=1S/C72H129NO3/c1-10-19-22-25-28-31-34-37-40-43-46-49-52-55-61-67(64(16-7)58-13-4)70(74)73(71(75)68(65(17-8)59-14-5)62-56-53-50-47-44-41-38-35-32-29-26-23-20-11-2)72(76)69(66(18-9)60-15-6)63-57-54-51-48-45-42-39-36-33-30-27-24-21-12-3/h13-18,64-69H,4-12,19-63H2,1-3H3. The highest BCUT2D eigenvalue weighted by Gasteiger charge is 2.43. The van der Waals surface area contributed by atoms with Crippen molar-refractivity contribution in [3.63, 3.8) is 0 Å². The second-order valence-corrected chi connectivity index (χ2v) is 23.6. The van der Waals surface area contributed by atoms with Crippen LogP contribution in [0, 0.1) is 35.5 Å². The zero-order valence-electron chi connectivity index (χ0n) is 51.3. The molecule has 0 aliphatic carbocycles. The number of carbonyl (C=O) groups excluding carboxylic acids is 3. The lowest BCUT2D eigenvalue weighted by atomic mass is 9.80. The predicted molar refractivity (Wildman–Crippen MR) is 338 cm³/mol. The second kappa shape index (κ2) is 55.6. The van der Waals surface area contributed by atoms with Crippen molar-refractivity contribution < 1.29 is 14.4 Å². The summed E-state index contributed by atoms with van der Waals surface area (Å²) < 4.78 is 0. The molecule has 0 saturated heterocycles. The van der Waals surface area contributed by atoms with Gasteiger partial charge in [-0.25, -0.2) is 4.90 Å². The third kappa shape index (κ3) is 38.0. The summed E-state index contributed by atoms with van der Waals surface area (Å²) >= 11 is 0. The molecule has 0 aliphatic heterocycles. The van der Waals surface area contributed by atoms with Gasteiger partial charge in [0.25, 0.3) is 0 Å². The largest absolute Gasteiger partial charge is 0.274 e. The lowest BCUT2D eigenvalue weighted by Crippen LogP contribution is -2.52. The van der Waals surface area contributed by atoms with Gasteiger partial charge in [-0.05, 0) is 56.3 Å². The van der Waals surface area contributed by atoms with Crippen LogP contribution < -0.4 is 0 Å². The van der Waals surface area contributed by atoms with Crippen molar-refractivity contribution in [3.8, 4) is 0 Å². The Balaban J connectivity index is 6.37. The van der Waals surface area contributed by atoms with Gasteiger partial charge in [-0.2, -0.15) is 0 Å². The summed E-state index contributed by atoms with van der Waals surface area (Å²) in [5.41, 5.74) is 0. The molecule has 440 valence electrons. The van der Waals surface area contributed by atoms with Crippen molar-refractivity contribution in [1.29, 1.82) is 0 Å². The third-order valence-electron chi connectivity index (χ3n) is 17.0. The van der Waals surface area contributed by atoms with Gasteiger partial charge in [-0.1, -0.05) is 327 Å². The van der Waals surface area contributed by atoms with Crippen LogP contribution in [-0.4, -0.2) is 22.6 Å². The van der Waals surface area contributed by atoms with Gasteiger partial charge in [-0.15, -0.1) is 39.5 Å². The van der Waals surface area contributed by atoms with E-state index in [2.05, 4.69) is 60.2 Å². The number of unbranched alkanes of at least 4 members (excludes halogenated alkanes) is 39. The van der Waals surface area contributed by atoms with Crippen LogP contribution in [0.2, 0.25) is 0 Å². The number of imide groups is 3. The first-order valence-electron chi connectivity index (χ1n) is 33.4. The van der Waals surface area contributed by atoms with Gasteiger partial charge >= 0.3 is 0 Å². The maximum atomic E-state index is 15.6. The van der Waals surface area contributed by atoms with Crippen molar-refractivity contribution in [2.75, 3.05) is 0 Å². The Hall–Kier alpha value is -2.75. The summed E-state index contributed by atoms with van der Waals surface area (Å²) in [7, 11) is 0. The van der Waals surface area contributed by atoms with Crippen molar-refractivity contribution >= 4 is 17.7 Å². The van der Waals surface area contributed by atoms with Crippen LogP contribution in [0.25, 0.3) is 0 Å². The molecule has 0 aliphatic rings. The molecule has 0 N–H and O–H groups in total. The highest BCUT2D eigenvalue weighted by molar-refractivity contribution is 6.13. The van der Waals surface area contributed by atoms with Crippen LogP contribution in [0.4, 0.5) is 0 Å². The van der Waals surface area contributed by atoms with Gasteiger partial charge < -0.3 is 0 Å². The molecular formula is C72H129NO3. The van der Waals surface area contributed by atoms with Gasteiger partial charge in [0.15, 0.2) is 0 Å². The van der Waals surface area contributed by atoms with Gasteiger partial charge in [-0.3, -0.25) is 14.4 Å². The fourth-order valence-corrected chi connectivity index (χ4v) is 11.9. The minimum absolute atomic E-state index is 0.227. The van der Waals surface area contributed by atoms with Gasteiger partial charge in [0.1, 0.15) is 0 Å². The van der Waals surface area contributed by atoms with E-state index in [-0.39, 0.29) is 35.5 Å². The molecule has 0 aromatic heterocycles. The molecule has 0 spiro atoms. The van der Waals surface area contributed by atoms with Crippen molar-refractivity contribution in [2.45, 2.75) is 329 Å². The Morgan fingerprint density at radius 3 is 0.579 bits per heavy atom. The molecule has 0 rings (SSSR count). The molecular weight excluding hydrogens is 927 g/mol. The Bertz CT molecular complexity index is 1250. The smallest absolute Gasteiger partial charge is 0.239 e. The monoisotopic (exact) mass is 1060 g/mol. The minimum atomic E-state index is -0.549. The molecule has 4 nitrogen and oxygen atoms in total. The quantitative estimate of drug-likeness (QED) is 0.0451. The Kier molecular flexibility index (Phi) is 53.5. The van der Waals surface area contributed by atoms with Crippen LogP contribution in [-0.2, 0) is 14.4 Å². The van der Waals surface area contributed by atoms with Crippen LogP contribution in [0.1, 0.15) is 329 Å². The number of carbonyl (C=O) groups is 3. The number of hydrogen-bond donors (Lipinski definition) is 0. The molecule has 4 heteroatoms. The van der Waals surface area contributed by atoms with Crippen LogP contribution >= 0.6 is 0 Å². The highest BCUT2D eigenvalue weighted by Crippen LogP contribution is 2.35. The molecule has 0 heterocycles. The number of nitrogens with zero attached hydrogens (tertiary/aromatic N) is 1. The Labute approximate surface area is 475 Å².